The summed E-state index contributed by atoms with van der Waals surface area (Å²) in [6.07, 6.45) is 0. The van der Waals surface area contributed by atoms with Crippen molar-refractivity contribution in [1.82, 2.24) is 16.0 Å². The molecule has 1 atom stereocenters. The normalized spacial score (nSPS) is 11.2. The molecule has 118 valence electrons. The summed E-state index contributed by atoms with van der Waals surface area (Å²) in [7, 11) is 1.81. The van der Waals surface area contributed by atoms with Crippen LogP contribution < -0.4 is 16.0 Å². The summed E-state index contributed by atoms with van der Waals surface area (Å²) in [6.45, 7) is 3.32. The molecule has 1 unspecified atom stereocenters. The van der Waals surface area contributed by atoms with E-state index < -0.39 is 0 Å². The molecular formula is C14H21BrClN3O2. The van der Waals surface area contributed by atoms with Crippen LogP contribution in [0.25, 0.3) is 0 Å². The van der Waals surface area contributed by atoms with E-state index in [1.54, 1.807) is 12.1 Å². The Morgan fingerprint density at radius 1 is 1.14 bits per heavy atom. The van der Waals surface area contributed by atoms with Crippen molar-refractivity contribution in [2.45, 2.75) is 6.92 Å². The Morgan fingerprint density at radius 3 is 2.29 bits per heavy atom. The molecule has 3 N–H and O–H groups in total. The molecule has 0 saturated heterocycles. The zero-order valence-corrected chi connectivity index (χ0v) is 14.5. The predicted octanol–water partition coefficient (Wildman–Crippen LogP) is 1.57. The van der Waals surface area contributed by atoms with Crippen molar-refractivity contribution in [2.75, 3.05) is 26.7 Å². The maximum absolute atomic E-state index is 11.8. The van der Waals surface area contributed by atoms with E-state index in [1.807, 2.05) is 26.1 Å². The van der Waals surface area contributed by atoms with Crippen molar-refractivity contribution in [1.29, 1.82) is 0 Å². The van der Waals surface area contributed by atoms with Gasteiger partial charge in [0.15, 0.2) is 0 Å². The lowest BCUT2D eigenvalue weighted by molar-refractivity contribution is -0.124. The number of nitrogens with one attached hydrogen (secondary N) is 3. The van der Waals surface area contributed by atoms with Gasteiger partial charge in [0.25, 0.3) is 5.91 Å². The van der Waals surface area contributed by atoms with E-state index in [0.717, 1.165) is 4.47 Å². The minimum Gasteiger partial charge on any atom is -0.354 e. The van der Waals surface area contributed by atoms with Crippen LogP contribution in [0, 0.1) is 5.92 Å². The van der Waals surface area contributed by atoms with Gasteiger partial charge in [0.1, 0.15) is 0 Å². The van der Waals surface area contributed by atoms with E-state index in [9.17, 15) is 9.59 Å². The summed E-state index contributed by atoms with van der Waals surface area (Å²) in [5, 5.41) is 8.49. The van der Waals surface area contributed by atoms with Crippen molar-refractivity contribution < 1.29 is 9.59 Å². The SMILES string of the molecule is CNCC(C)C(=O)NCCNC(=O)c1ccc(Br)cc1.Cl. The Bertz CT molecular complexity index is 454. The maximum Gasteiger partial charge on any atom is 0.251 e. The van der Waals surface area contributed by atoms with Crippen LogP contribution in [0.3, 0.4) is 0 Å². The first kappa shape index (κ1) is 19.9. The number of carbonyl (C=O) groups is 2. The summed E-state index contributed by atoms with van der Waals surface area (Å²) in [6, 6.07) is 7.12. The monoisotopic (exact) mass is 377 g/mol. The highest BCUT2D eigenvalue weighted by molar-refractivity contribution is 9.10. The average molecular weight is 379 g/mol. The van der Waals surface area contributed by atoms with Crippen LogP contribution in [0.15, 0.2) is 28.7 Å². The molecule has 0 heterocycles. The van der Waals surface area contributed by atoms with Gasteiger partial charge in [0.05, 0.1) is 0 Å². The number of benzene rings is 1. The highest BCUT2D eigenvalue weighted by Crippen LogP contribution is 2.10. The molecule has 21 heavy (non-hydrogen) atoms. The third kappa shape index (κ3) is 7.45. The number of carbonyl (C=O) groups excluding carboxylic acids is 2. The highest BCUT2D eigenvalue weighted by Gasteiger charge is 2.10. The minimum absolute atomic E-state index is 0. The molecule has 0 aliphatic heterocycles. The van der Waals surface area contributed by atoms with E-state index in [2.05, 4.69) is 31.9 Å². The number of amides is 2. The Hall–Kier alpha value is -1.11. The van der Waals surface area contributed by atoms with Gasteiger partial charge in [-0.1, -0.05) is 22.9 Å². The first-order valence-corrected chi connectivity index (χ1v) is 7.30. The van der Waals surface area contributed by atoms with Gasteiger partial charge in [0.2, 0.25) is 5.91 Å². The van der Waals surface area contributed by atoms with Crippen molar-refractivity contribution in [3.05, 3.63) is 34.3 Å². The Balaban J connectivity index is 0.00000400. The summed E-state index contributed by atoms with van der Waals surface area (Å²) < 4.78 is 0.930. The van der Waals surface area contributed by atoms with Gasteiger partial charge in [-0.2, -0.15) is 0 Å². The van der Waals surface area contributed by atoms with E-state index >= 15 is 0 Å². The molecule has 0 aromatic heterocycles. The van der Waals surface area contributed by atoms with Crippen LogP contribution >= 0.6 is 28.3 Å². The van der Waals surface area contributed by atoms with Gasteiger partial charge < -0.3 is 16.0 Å². The molecule has 2 amide bonds. The topological polar surface area (TPSA) is 70.2 Å². The quantitative estimate of drug-likeness (QED) is 0.631. The fraction of sp³-hybridized carbons (Fsp3) is 0.429. The fourth-order valence-electron chi connectivity index (χ4n) is 1.64. The second kappa shape index (κ2) is 10.6. The second-order valence-corrected chi connectivity index (χ2v) is 5.43. The molecule has 0 aliphatic rings. The molecule has 0 fully saturated rings. The van der Waals surface area contributed by atoms with Crippen molar-refractivity contribution in [3.8, 4) is 0 Å². The third-order valence-corrected chi connectivity index (χ3v) is 3.30. The smallest absolute Gasteiger partial charge is 0.251 e. The largest absolute Gasteiger partial charge is 0.354 e. The fourth-order valence-corrected chi connectivity index (χ4v) is 1.90. The first-order chi connectivity index (χ1) is 9.54. The standard InChI is InChI=1S/C14H20BrN3O2.ClH/c1-10(9-16-2)13(19)17-7-8-18-14(20)11-3-5-12(15)6-4-11;/h3-6,10,16H,7-9H2,1-2H3,(H,17,19)(H,18,20);1H. The van der Waals surface area contributed by atoms with Gasteiger partial charge in [0, 0.05) is 35.6 Å². The van der Waals surface area contributed by atoms with Crippen LogP contribution in [0.4, 0.5) is 0 Å². The highest BCUT2D eigenvalue weighted by atomic mass is 79.9. The number of hydrogen-bond donors (Lipinski definition) is 3. The van der Waals surface area contributed by atoms with E-state index in [-0.39, 0.29) is 30.1 Å². The summed E-state index contributed by atoms with van der Waals surface area (Å²) in [4.78, 5) is 23.4. The molecule has 0 bridgehead atoms. The molecule has 1 rings (SSSR count). The van der Waals surface area contributed by atoms with Gasteiger partial charge in [-0.05, 0) is 31.3 Å². The van der Waals surface area contributed by atoms with Gasteiger partial charge in [-0.15, -0.1) is 12.4 Å². The van der Waals surface area contributed by atoms with Crippen molar-refractivity contribution in [2.24, 2.45) is 5.92 Å². The molecular weight excluding hydrogens is 358 g/mol. The van der Waals surface area contributed by atoms with Crippen LogP contribution in [-0.4, -0.2) is 38.5 Å². The third-order valence-electron chi connectivity index (χ3n) is 2.77. The van der Waals surface area contributed by atoms with Crippen LogP contribution in [0.2, 0.25) is 0 Å². The lowest BCUT2D eigenvalue weighted by Crippen LogP contribution is -2.39. The van der Waals surface area contributed by atoms with Gasteiger partial charge in [-0.3, -0.25) is 9.59 Å². The first-order valence-electron chi connectivity index (χ1n) is 6.50. The molecule has 0 saturated carbocycles. The summed E-state index contributed by atoms with van der Waals surface area (Å²) in [5.74, 6) is -0.241. The van der Waals surface area contributed by atoms with Crippen molar-refractivity contribution >= 4 is 40.2 Å². The number of rotatable bonds is 7. The van der Waals surface area contributed by atoms with Gasteiger partial charge >= 0.3 is 0 Å². The molecule has 1 aromatic rings. The van der Waals surface area contributed by atoms with Gasteiger partial charge in [-0.25, -0.2) is 0 Å². The van der Waals surface area contributed by atoms with Crippen LogP contribution in [-0.2, 0) is 4.79 Å². The maximum atomic E-state index is 11.8. The Kier molecular flexibility index (Phi) is 10.0. The Labute approximate surface area is 139 Å². The number of halogens is 2. The molecule has 7 heteroatoms. The second-order valence-electron chi connectivity index (χ2n) is 4.51. The molecule has 0 spiro atoms. The van der Waals surface area contributed by atoms with E-state index in [1.165, 1.54) is 0 Å². The predicted molar refractivity (Wildman–Crippen MR) is 89.8 cm³/mol. The molecule has 1 aromatic carbocycles. The summed E-state index contributed by atoms with van der Waals surface area (Å²) in [5.41, 5.74) is 0.600. The lowest BCUT2D eigenvalue weighted by atomic mass is 10.1. The molecule has 0 aliphatic carbocycles. The number of hydrogen-bond acceptors (Lipinski definition) is 3. The van der Waals surface area contributed by atoms with Crippen molar-refractivity contribution in [3.63, 3.8) is 0 Å². The zero-order chi connectivity index (χ0) is 15.0. The minimum atomic E-state index is -0.143. The zero-order valence-electron chi connectivity index (χ0n) is 12.1. The Morgan fingerprint density at radius 2 is 1.71 bits per heavy atom. The lowest BCUT2D eigenvalue weighted by Gasteiger charge is -2.12. The van der Waals surface area contributed by atoms with Crippen LogP contribution in [0.5, 0.6) is 0 Å². The van der Waals surface area contributed by atoms with E-state index in [4.69, 9.17) is 0 Å². The molecule has 5 nitrogen and oxygen atoms in total. The average Bonchev–Trinajstić information content (AvgIpc) is 2.44. The van der Waals surface area contributed by atoms with Crippen LogP contribution in [0.1, 0.15) is 17.3 Å². The molecule has 0 radical (unpaired) electrons. The van der Waals surface area contributed by atoms with E-state index in [0.29, 0.717) is 25.2 Å². The summed E-state index contributed by atoms with van der Waals surface area (Å²) >= 11 is 3.32.